The third-order valence-corrected chi connectivity index (χ3v) is 7.30. The van der Waals surface area contributed by atoms with Crippen LogP contribution < -0.4 is 14.2 Å². The molecule has 1 unspecified atom stereocenters. The largest absolute Gasteiger partial charge is 0.497 e. The fourth-order valence-corrected chi connectivity index (χ4v) is 5.48. The Morgan fingerprint density at radius 1 is 1.17 bits per heavy atom. The summed E-state index contributed by atoms with van der Waals surface area (Å²) in [6.45, 7) is 4.70. The van der Waals surface area contributed by atoms with Gasteiger partial charge in [-0.25, -0.2) is 0 Å². The van der Waals surface area contributed by atoms with Gasteiger partial charge >= 0.3 is 0 Å². The van der Waals surface area contributed by atoms with E-state index in [1.165, 1.54) is 9.78 Å². The molecule has 8 heteroatoms. The molecule has 0 saturated heterocycles. The summed E-state index contributed by atoms with van der Waals surface area (Å²) in [6.07, 6.45) is 2.43. The van der Waals surface area contributed by atoms with E-state index < -0.39 is 0 Å². The highest BCUT2D eigenvalue weighted by Crippen LogP contribution is 2.38. The Balaban J connectivity index is 1.40. The number of benzene rings is 2. The number of fused-ring (bicyclic) bond motifs is 2. The molecule has 0 fully saturated rings. The molecular formula is C27H26N2O5S. The van der Waals surface area contributed by atoms with Gasteiger partial charge in [0.2, 0.25) is 12.7 Å². The molecule has 1 aromatic heterocycles. The fourth-order valence-electron chi connectivity index (χ4n) is 4.57. The summed E-state index contributed by atoms with van der Waals surface area (Å²) in [4.78, 5) is 31.7. The van der Waals surface area contributed by atoms with Gasteiger partial charge in [0.05, 0.1) is 13.2 Å². The summed E-state index contributed by atoms with van der Waals surface area (Å²) in [5, 5.41) is 2.07. The average Bonchev–Trinajstić information content (AvgIpc) is 3.56. The van der Waals surface area contributed by atoms with Gasteiger partial charge in [-0.2, -0.15) is 0 Å². The van der Waals surface area contributed by atoms with Crippen molar-refractivity contribution >= 4 is 23.2 Å². The Hall–Kier alpha value is -3.78. The van der Waals surface area contributed by atoms with Crippen molar-refractivity contribution in [3.8, 4) is 17.2 Å². The summed E-state index contributed by atoms with van der Waals surface area (Å²) in [7, 11) is 1.63. The predicted molar refractivity (Wildman–Crippen MR) is 133 cm³/mol. The highest BCUT2D eigenvalue weighted by Gasteiger charge is 2.34. The quantitative estimate of drug-likeness (QED) is 0.463. The van der Waals surface area contributed by atoms with E-state index in [0.717, 1.165) is 23.3 Å². The van der Waals surface area contributed by atoms with Gasteiger partial charge in [-0.1, -0.05) is 18.2 Å². The normalized spacial score (nSPS) is 15.9. The van der Waals surface area contributed by atoms with E-state index in [1.54, 1.807) is 42.7 Å². The number of hydrogen-bond donors (Lipinski definition) is 0. The zero-order chi connectivity index (χ0) is 24.4. The molecule has 0 N–H and O–H groups in total. The minimum absolute atomic E-state index is 0.0502. The van der Waals surface area contributed by atoms with Crippen LogP contribution in [-0.2, 0) is 11.2 Å². The molecule has 2 amide bonds. The highest BCUT2D eigenvalue weighted by molar-refractivity contribution is 7.10. The monoisotopic (exact) mass is 490 g/mol. The maximum Gasteiger partial charge on any atom is 0.254 e. The van der Waals surface area contributed by atoms with Gasteiger partial charge in [0.1, 0.15) is 12.3 Å². The summed E-state index contributed by atoms with van der Waals surface area (Å²) in [5.41, 5.74) is 2.59. The van der Waals surface area contributed by atoms with Crippen molar-refractivity contribution in [3.05, 3.63) is 88.1 Å². The first-order valence-corrected chi connectivity index (χ1v) is 12.3. The number of amides is 2. The van der Waals surface area contributed by atoms with E-state index in [0.29, 0.717) is 23.6 Å². The summed E-state index contributed by atoms with van der Waals surface area (Å²) >= 11 is 1.72. The van der Waals surface area contributed by atoms with E-state index in [9.17, 15) is 9.59 Å². The van der Waals surface area contributed by atoms with Crippen LogP contribution in [0.1, 0.15) is 32.4 Å². The number of carbonyl (C=O) groups is 2. The molecule has 3 heterocycles. The average molecular weight is 491 g/mol. The summed E-state index contributed by atoms with van der Waals surface area (Å²) < 4.78 is 16.1. The van der Waals surface area contributed by atoms with Gasteiger partial charge in [0.15, 0.2) is 11.5 Å². The molecule has 0 aliphatic carbocycles. The molecule has 2 aliphatic heterocycles. The fraction of sp³-hybridized carbons (Fsp3) is 0.259. The van der Waals surface area contributed by atoms with Crippen LogP contribution in [0, 0.1) is 0 Å². The van der Waals surface area contributed by atoms with E-state index in [4.69, 9.17) is 14.2 Å². The zero-order valence-electron chi connectivity index (χ0n) is 19.4. The van der Waals surface area contributed by atoms with Crippen LogP contribution in [-0.4, -0.2) is 55.2 Å². The van der Waals surface area contributed by atoms with Gasteiger partial charge in [0.25, 0.3) is 5.91 Å². The Kier molecular flexibility index (Phi) is 6.46. The maximum absolute atomic E-state index is 13.7. The molecule has 0 spiro atoms. The van der Waals surface area contributed by atoms with E-state index in [2.05, 4.69) is 18.0 Å². The third kappa shape index (κ3) is 4.49. The molecule has 2 aliphatic rings. The van der Waals surface area contributed by atoms with Crippen molar-refractivity contribution in [1.82, 2.24) is 9.80 Å². The van der Waals surface area contributed by atoms with Crippen molar-refractivity contribution in [3.63, 3.8) is 0 Å². The van der Waals surface area contributed by atoms with E-state index in [-0.39, 0.29) is 37.7 Å². The van der Waals surface area contributed by atoms with Crippen molar-refractivity contribution < 1.29 is 23.8 Å². The molecule has 7 nitrogen and oxygen atoms in total. The van der Waals surface area contributed by atoms with Gasteiger partial charge in [-0.15, -0.1) is 17.9 Å². The second-order valence-corrected chi connectivity index (χ2v) is 9.36. The lowest BCUT2D eigenvalue weighted by molar-refractivity contribution is -0.133. The van der Waals surface area contributed by atoms with Crippen molar-refractivity contribution in [2.75, 3.05) is 33.5 Å². The van der Waals surface area contributed by atoms with Crippen molar-refractivity contribution in [1.29, 1.82) is 0 Å². The molecule has 5 rings (SSSR count). The maximum atomic E-state index is 13.7. The number of thiophene rings is 1. The van der Waals surface area contributed by atoms with Crippen LogP contribution in [0.25, 0.3) is 0 Å². The molecule has 0 bridgehead atoms. The molecular weight excluding hydrogens is 464 g/mol. The van der Waals surface area contributed by atoms with Gasteiger partial charge < -0.3 is 24.0 Å². The van der Waals surface area contributed by atoms with Crippen LogP contribution in [0.5, 0.6) is 17.2 Å². The number of ether oxygens (including phenoxy) is 3. The number of rotatable bonds is 7. The molecule has 35 heavy (non-hydrogen) atoms. The van der Waals surface area contributed by atoms with Crippen molar-refractivity contribution in [2.45, 2.75) is 12.5 Å². The Morgan fingerprint density at radius 2 is 1.97 bits per heavy atom. The number of carbonyl (C=O) groups excluding carboxylic acids is 2. The molecule has 2 aromatic carbocycles. The first kappa shape index (κ1) is 23.0. The Bertz CT molecular complexity index is 1250. The van der Waals surface area contributed by atoms with Crippen LogP contribution in [0.15, 0.2) is 66.6 Å². The van der Waals surface area contributed by atoms with Crippen LogP contribution in [0.4, 0.5) is 0 Å². The lowest BCUT2D eigenvalue weighted by atomic mass is 9.93. The Labute approximate surface area is 208 Å². The summed E-state index contributed by atoms with van der Waals surface area (Å²) in [5.74, 6) is 1.53. The number of methoxy groups -OCH3 is 1. The minimum Gasteiger partial charge on any atom is -0.497 e. The molecule has 1 atom stereocenters. The third-order valence-electron chi connectivity index (χ3n) is 6.30. The van der Waals surface area contributed by atoms with Gasteiger partial charge in [-0.3, -0.25) is 9.59 Å². The zero-order valence-corrected chi connectivity index (χ0v) is 20.3. The topological polar surface area (TPSA) is 68.3 Å². The lowest BCUT2D eigenvalue weighted by Crippen LogP contribution is -2.46. The van der Waals surface area contributed by atoms with Crippen LogP contribution in [0.2, 0.25) is 0 Å². The molecule has 0 saturated carbocycles. The lowest BCUT2D eigenvalue weighted by Gasteiger charge is -2.37. The smallest absolute Gasteiger partial charge is 0.254 e. The van der Waals surface area contributed by atoms with Crippen LogP contribution >= 0.6 is 11.3 Å². The summed E-state index contributed by atoms with van der Waals surface area (Å²) in [6, 6.07) is 14.7. The second-order valence-electron chi connectivity index (χ2n) is 8.35. The molecule has 3 aromatic rings. The van der Waals surface area contributed by atoms with Crippen molar-refractivity contribution in [2.24, 2.45) is 0 Å². The van der Waals surface area contributed by atoms with Gasteiger partial charge in [0, 0.05) is 23.5 Å². The predicted octanol–water partition coefficient (Wildman–Crippen LogP) is 4.29. The van der Waals surface area contributed by atoms with Crippen LogP contribution in [0.3, 0.4) is 0 Å². The number of hydrogen-bond acceptors (Lipinski definition) is 6. The Morgan fingerprint density at radius 3 is 2.74 bits per heavy atom. The number of nitrogens with zero attached hydrogens (tertiary/aromatic N) is 2. The first-order valence-electron chi connectivity index (χ1n) is 11.4. The SMILES string of the molecule is C=CCN(CC(=O)N1CCc2sccc2C1c1ccc(OC)cc1)C(=O)c1ccc2c(c1)OCO2. The van der Waals surface area contributed by atoms with E-state index in [1.807, 2.05) is 29.2 Å². The standard InChI is InChI=1S/C27H26N2O5S/c1-3-12-28(27(31)19-6-9-22-23(15-19)34-17-33-22)16-25(30)29-13-10-24-21(11-14-35-24)26(29)18-4-7-20(32-2)8-5-18/h3-9,11,14-15,26H,1,10,12-13,16-17H2,2H3. The molecule has 0 radical (unpaired) electrons. The second kappa shape index (κ2) is 9.84. The first-order chi connectivity index (χ1) is 17.1. The van der Waals surface area contributed by atoms with E-state index >= 15 is 0 Å². The van der Waals surface area contributed by atoms with Gasteiger partial charge in [-0.05, 0) is 59.3 Å². The molecule has 180 valence electrons. The minimum atomic E-state index is -0.259. The highest BCUT2D eigenvalue weighted by atomic mass is 32.1.